The number of benzene rings is 2. The first-order valence-corrected chi connectivity index (χ1v) is 15.9. The molecule has 252 valence electrons. The van der Waals surface area contributed by atoms with E-state index in [1.54, 1.807) is 37.6 Å². The number of hydrogen-bond donors (Lipinski definition) is 3. The lowest BCUT2D eigenvalue weighted by Crippen LogP contribution is -2.27. The van der Waals surface area contributed by atoms with Crippen LogP contribution in [0, 0.1) is 6.92 Å². The first-order valence-electron chi connectivity index (χ1n) is 15.5. The number of imidazole rings is 1. The van der Waals surface area contributed by atoms with Gasteiger partial charge in [0.05, 0.1) is 43.4 Å². The maximum atomic E-state index is 13.4. The Bertz CT molecular complexity index is 2050. The van der Waals surface area contributed by atoms with Gasteiger partial charge in [0.1, 0.15) is 5.69 Å². The number of nitrogens with zero attached hydrogens (tertiary/aromatic N) is 6. The van der Waals surface area contributed by atoms with E-state index in [4.69, 9.17) is 21.1 Å². The number of carbonyl (C=O) groups excluding carboxylic acids is 2. The Morgan fingerprint density at radius 2 is 1.69 bits per heavy atom. The minimum Gasteiger partial charge on any atom is -0.481 e. The summed E-state index contributed by atoms with van der Waals surface area (Å²) in [5, 5.41) is 9.48. The minimum absolute atomic E-state index is 0.0846. The highest BCUT2D eigenvalue weighted by atomic mass is 35.5. The van der Waals surface area contributed by atoms with Gasteiger partial charge >= 0.3 is 0 Å². The van der Waals surface area contributed by atoms with E-state index >= 15 is 0 Å². The second kappa shape index (κ2) is 14.3. The molecule has 1 aliphatic rings. The van der Waals surface area contributed by atoms with E-state index < -0.39 is 5.91 Å². The van der Waals surface area contributed by atoms with E-state index in [2.05, 4.69) is 40.8 Å². The van der Waals surface area contributed by atoms with Gasteiger partial charge in [0, 0.05) is 61.5 Å². The maximum absolute atomic E-state index is 13.4. The smallest absolute Gasteiger partial charge is 0.291 e. The number of rotatable bonds is 10. The average molecular weight is 682 g/mol. The first-order chi connectivity index (χ1) is 23.7. The monoisotopic (exact) mass is 681 g/mol. The molecule has 6 rings (SSSR count). The molecule has 0 aliphatic carbocycles. The van der Waals surface area contributed by atoms with Crippen molar-refractivity contribution in [3.8, 4) is 22.9 Å². The molecule has 0 radical (unpaired) electrons. The minimum atomic E-state index is -0.458. The summed E-state index contributed by atoms with van der Waals surface area (Å²) in [4.78, 5) is 46.5. The number of aromatic nitrogens is 5. The van der Waals surface area contributed by atoms with Crippen molar-refractivity contribution in [3.05, 3.63) is 100 Å². The normalized spacial score (nSPS) is 12.6. The maximum Gasteiger partial charge on any atom is 0.291 e. The molecule has 2 aromatic carbocycles. The molecule has 1 aliphatic heterocycles. The van der Waals surface area contributed by atoms with Crippen LogP contribution in [0.25, 0.3) is 11.1 Å². The van der Waals surface area contributed by atoms with Crippen LogP contribution < -0.4 is 25.4 Å². The molecule has 3 N–H and O–H groups in total. The van der Waals surface area contributed by atoms with Gasteiger partial charge in [0.15, 0.2) is 11.5 Å². The topological polar surface area (TPSA) is 148 Å². The fourth-order valence-corrected chi connectivity index (χ4v) is 6.01. The van der Waals surface area contributed by atoms with Gasteiger partial charge in [-0.3, -0.25) is 14.6 Å². The largest absolute Gasteiger partial charge is 0.481 e. The third kappa shape index (κ3) is 7.03. The zero-order valence-corrected chi connectivity index (χ0v) is 28.6. The van der Waals surface area contributed by atoms with Crippen molar-refractivity contribution < 1.29 is 19.1 Å². The van der Waals surface area contributed by atoms with Crippen LogP contribution in [0.4, 0.5) is 17.1 Å². The predicted molar refractivity (Wildman–Crippen MR) is 187 cm³/mol. The molecule has 0 saturated carbocycles. The highest BCUT2D eigenvalue weighted by Crippen LogP contribution is 2.37. The number of methoxy groups -OCH3 is 2. The molecule has 3 aromatic heterocycles. The molecule has 2 amide bonds. The molecule has 0 atom stereocenters. The number of ether oxygens (including phenoxy) is 2. The van der Waals surface area contributed by atoms with Crippen molar-refractivity contribution in [2.24, 2.45) is 7.05 Å². The van der Waals surface area contributed by atoms with Crippen LogP contribution in [0.3, 0.4) is 0 Å². The van der Waals surface area contributed by atoms with Gasteiger partial charge in [0.2, 0.25) is 11.8 Å². The summed E-state index contributed by atoms with van der Waals surface area (Å²) in [5.41, 5.74) is 6.63. The Labute approximate surface area is 288 Å². The molecule has 0 saturated heterocycles. The van der Waals surface area contributed by atoms with Crippen molar-refractivity contribution in [2.75, 3.05) is 43.8 Å². The SMILES string of the molecule is COc1cc(NCc2ncc(C(=O)Nc3cccc(-c4cccc(NC(=O)c5nc6c(n5C)CCN(C)C6)c4Cl)c3C)nc2OC)ccn1. The molecule has 49 heavy (non-hydrogen) atoms. The summed E-state index contributed by atoms with van der Waals surface area (Å²) >= 11 is 6.91. The van der Waals surface area contributed by atoms with E-state index in [0.29, 0.717) is 52.4 Å². The number of pyridine rings is 1. The van der Waals surface area contributed by atoms with Crippen LogP contribution >= 0.6 is 11.6 Å². The average Bonchev–Trinajstić information content (AvgIpc) is 3.44. The number of carbonyl (C=O) groups is 2. The molecule has 4 heterocycles. The van der Waals surface area contributed by atoms with Crippen molar-refractivity contribution in [3.63, 3.8) is 0 Å². The van der Waals surface area contributed by atoms with Gasteiger partial charge in [-0.2, -0.15) is 0 Å². The number of hydrogen-bond acceptors (Lipinski definition) is 10. The highest BCUT2D eigenvalue weighted by molar-refractivity contribution is 6.36. The Hall–Kier alpha value is -5.53. The molecule has 13 nitrogen and oxygen atoms in total. The van der Waals surface area contributed by atoms with Crippen LogP contribution in [0.2, 0.25) is 5.02 Å². The van der Waals surface area contributed by atoms with E-state index in [1.165, 1.54) is 13.3 Å². The van der Waals surface area contributed by atoms with Crippen LogP contribution in [0.1, 0.15) is 43.8 Å². The molecule has 0 fully saturated rings. The van der Waals surface area contributed by atoms with Crippen LogP contribution in [0.5, 0.6) is 11.8 Å². The lowest BCUT2D eigenvalue weighted by Gasteiger charge is -2.21. The van der Waals surface area contributed by atoms with Gasteiger partial charge in [-0.25, -0.2) is 15.0 Å². The van der Waals surface area contributed by atoms with Crippen molar-refractivity contribution in [1.29, 1.82) is 0 Å². The summed E-state index contributed by atoms with van der Waals surface area (Å²) in [5.74, 6) is 0.229. The third-order valence-corrected chi connectivity index (χ3v) is 8.82. The van der Waals surface area contributed by atoms with Gasteiger partial charge in [-0.05, 0) is 43.3 Å². The summed E-state index contributed by atoms with van der Waals surface area (Å²) in [7, 11) is 6.92. The molecule has 5 aromatic rings. The van der Waals surface area contributed by atoms with Crippen molar-refractivity contribution >= 4 is 40.5 Å². The number of nitrogens with one attached hydrogen (secondary N) is 3. The quantitative estimate of drug-likeness (QED) is 0.176. The highest BCUT2D eigenvalue weighted by Gasteiger charge is 2.25. The van der Waals surface area contributed by atoms with Gasteiger partial charge in [-0.15, -0.1) is 0 Å². The number of anilines is 3. The van der Waals surface area contributed by atoms with E-state index in [-0.39, 0.29) is 17.5 Å². The molecule has 14 heteroatoms. The summed E-state index contributed by atoms with van der Waals surface area (Å²) in [6.45, 7) is 3.80. The van der Waals surface area contributed by atoms with Gasteiger partial charge < -0.3 is 34.9 Å². The number of halogens is 1. The van der Waals surface area contributed by atoms with Crippen LogP contribution in [0.15, 0.2) is 60.9 Å². The standard InChI is InChI=1S/C35H36ClN9O4/c1-20-22(23-9-7-11-25(31(23)36)42-34(47)32-40-28-19-44(2)15-13-29(28)45(32)3)8-6-10-24(20)41-33(46)26-17-39-27(35(43-26)49-5)18-38-21-12-14-37-30(16-21)48-4/h6-12,14,16-17H,13,15,18-19H2,1-5H3,(H,37,38)(H,41,46)(H,42,47). The Morgan fingerprint density at radius 3 is 2.47 bits per heavy atom. The van der Waals surface area contributed by atoms with Gasteiger partial charge in [0.25, 0.3) is 11.8 Å². The number of likely N-dealkylation sites (N-methyl/N-ethyl adjacent to an activating group) is 1. The summed E-state index contributed by atoms with van der Waals surface area (Å²) in [6, 6.07) is 14.5. The molecule has 0 spiro atoms. The lowest BCUT2D eigenvalue weighted by atomic mass is 9.98. The zero-order chi connectivity index (χ0) is 34.7. The zero-order valence-electron chi connectivity index (χ0n) is 27.8. The van der Waals surface area contributed by atoms with Gasteiger partial charge in [-0.1, -0.05) is 35.9 Å². The summed E-state index contributed by atoms with van der Waals surface area (Å²) in [6.07, 6.45) is 3.86. The molecule has 0 unspecified atom stereocenters. The third-order valence-electron chi connectivity index (χ3n) is 8.41. The fraction of sp³-hybridized carbons (Fsp3) is 0.257. The molecular weight excluding hydrogens is 646 g/mol. The second-order valence-electron chi connectivity index (χ2n) is 11.6. The number of fused-ring (bicyclic) bond motifs is 1. The van der Waals surface area contributed by atoms with Crippen LogP contribution in [-0.4, -0.2) is 69.0 Å². The second-order valence-corrected chi connectivity index (χ2v) is 12.0. The fourth-order valence-electron chi connectivity index (χ4n) is 5.73. The first kappa shape index (κ1) is 33.4. The van der Waals surface area contributed by atoms with Crippen molar-refractivity contribution in [2.45, 2.75) is 26.4 Å². The Balaban J connectivity index is 1.18. The molecule has 0 bridgehead atoms. The van der Waals surface area contributed by atoms with E-state index in [0.717, 1.165) is 41.2 Å². The Morgan fingerprint density at radius 1 is 0.939 bits per heavy atom. The lowest BCUT2D eigenvalue weighted by molar-refractivity contribution is 0.100. The van der Waals surface area contributed by atoms with E-state index in [1.807, 2.05) is 49.9 Å². The van der Waals surface area contributed by atoms with Crippen molar-refractivity contribution in [1.82, 2.24) is 29.4 Å². The number of amides is 2. The summed E-state index contributed by atoms with van der Waals surface area (Å²) < 4.78 is 12.5. The predicted octanol–water partition coefficient (Wildman–Crippen LogP) is 5.36. The molecular formula is C35H36ClN9O4. The van der Waals surface area contributed by atoms with Crippen LogP contribution in [-0.2, 0) is 26.6 Å². The van der Waals surface area contributed by atoms with E-state index in [9.17, 15) is 9.59 Å². The Kier molecular flexibility index (Phi) is 9.74.